The standard InChI is InChI=1S/C13H25N/c1-3-5-9-13(14-10-4-2)11-12-7-6-8-12/h3,12-14H,1,4-11H2,2H3. The molecule has 0 aromatic heterocycles. The lowest BCUT2D eigenvalue weighted by molar-refractivity contribution is 0.255. The quantitative estimate of drug-likeness (QED) is 0.584. The maximum Gasteiger partial charge on any atom is 0.00726 e. The van der Waals surface area contributed by atoms with Gasteiger partial charge in [0.25, 0.3) is 0 Å². The van der Waals surface area contributed by atoms with Gasteiger partial charge in [-0.1, -0.05) is 32.3 Å². The van der Waals surface area contributed by atoms with Crippen LogP contribution in [-0.2, 0) is 0 Å². The number of nitrogens with one attached hydrogen (secondary N) is 1. The van der Waals surface area contributed by atoms with Gasteiger partial charge in [-0.3, -0.25) is 0 Å². The number of hydrogen-bond donors (Lipinski definition) is 1. The molecule has 0 aromatic rings. The zero-order chi connectivity index (χ0) is 10.2. The van der Waals surface area contributed by atoms with Crippen LogP contribution in [0.4, 0.5) is 0 Å². The molecular weight excluding hydrogens is 170 g/mol. The molecule has 1 aliphatic carbocycles. The fourth-order valence-electron chi connectivity index (χ4n) is 2.10. The van der Waals surface area contributed by atoms with Gasteiger partial charge in [0.05, 0.1) is 0 Å². The summed E-state index contributed by atoms with van der Waals surface area (Å²) in [7, 11) is 0. The van der Waals surface area contributed by atoms with E-state index in [9.17, 15) is 0 Å². The Balaban J connectivity index is 2.15. The molecule has 1 saturated carbocycles. The summed E-state index contributed by atoms with van der Waals surface area (Å²) in [5.41, 5.74) is 0. The Kier molecular flexibility index (Phi) is 5.93. The van der Waals surface area contributed by atoms with Gasteiger partial charge in [-0.2, -0.15) is 0 Å². The first-order valence-electron chi connectivity index (χ1n) is 6.21. The first-order valence-corrected chi connectivity index (χ1v) is 6.21. The van der Waals surface area contributed by atoms with Crippen molar-refractivity contribution in [2.45, 2.75) is 57.9 Å². The third-order valence-corrected chi connectivity index (χ3v) is 3.24. The average molecular weight is 195 g/mol. The Morgan fingerprint density at radius 3 is 2.79 bits per heavy atom. The van der Waals surface area contributed by atoms with Gasteiger partial charge in [0.15, 0.2) is 0 Å². The van der Waals surface area contributed by atoms with Gasteiger partial charge in [-0.25, -0.2) is 0 Å². The zero-order valence-electron chi connectivity index (χ0n) is 9.60. The third-order valence-electron chi connectivity index (χ3n) is 3.24. The highest BCUT2D eigenvalue weighted by molar-refractivity contribution is 4.79. The number of rotatable bonds is 8. The molecule has 0 bridgehead atoms. The lowest BCUT2D eigenvalue weighted by Crippen LogP contribution is -2.33. The van der Waals surface area contributed by atoms with Crippen LogP contribution in [-0.4, -0.2) is 12.6 Å². The summed E-state index contributed by atoms with van der Waals surface area (Å²) in [5.74, 6) is 1.02. The summed E-state index contributed by atoms with van der Waals surface area (Å²) in [4.78, 5) is 0. The molecule has 1 fully saturated rings. The molecule has 1 atom stereocenters. The van der Waals surface area contributed by atoms with E-state index in [-0.39, 0.29) is 0 Å². The number of hydrogen-bond acceptors (Lipinski definition) is 1. The van der Waals surface area contributed by atoms with Crippen LogP contribution in [0.5, 0.6) is 0 Å². The monoisotopic (exact) mass is 195 g/mol. The van der Waals surface area contributed by atoms with Crippen molar-refractivity contribution in [3.8, 4) is 0 Å². The maximum atomic E-state index is 3.80. The van der Waals surface area contributed by atoms with Crippen molar-refractivity contribution in [1.29, 1.82) is 0 Å². The molecule has 1 aliphatic rings. The SMILES string of the molecule is C=CCCC(CC1CCC1)NCCC. The van der Waals surface area contributed by atoms with Crippen LogP contribution in [0, 0.1) is 5.92 Å². The second-order valence-corrected chi connectivity index (χ2v) is 4.55. The van der Waals surface area contributed by atoms with Gasteiger partial charge in [-0.05, 0) is 38.1 Å². The van der Waals surface area contributed by atoms with Gasteiger partial charge in [-0.15, -0.1) is 6.58 Å². The van der Waals surface area contributed by atoms with E-state index in [4.69, 9.17) is 0 Å². The lowest BCUT2D eigenvalue weighted by atomic mass is 9.80. The minimum Gasteiger partial charge on any atom is -0.314 e. The Labute approximate surface area is 89.0 Å². The first-order chi connectivity index (χ1) is 6.86. The van der Waals surface area contributed by atoms with E-state index in [1.54, 1.807) is 0 Å². The molecule has 0 heterocycles. The summed E-state index contributed by atoms with van der Waals surface area (Å²) in [6.07, 6.45) is 11.5. The molecule has 0 saturated heterocycles. The molecule has 1 N–H and O–H groups in total. The summed E-state index contributed by atoms with van der Waals surface area (Å²) in [5, 5.41) is 3.66. The summed E-state index contributed by atoms with van der Waals surface area (Å²) >= 11 is 0. The van der Waals surface area contributed by atoms with E-state index >= 15 is 0 Å². The normalized spacial score (nSPS) is 18.9. The Hall–Kier alpha value is -0.300. The average Bonchev–Trinajstić information content (AvgIpc) is 2.14. The highest BCUT2D eigenvalue weighted by atomic mass is 14.9. The van der Waals surface area contributed by atoms with Crippen molar-refractivity contribution in [3.63, 3.8) is 0 Å². The van der Waals surface area contributed by atoms with Gasteiger partial charge in [0.2, 0.25) is 0 Å². The van der Waals surface area contributed by atoms with Crippen molar-refractivity contribution >= 4 is 0 Å². The molecule has 1 unspecified atom stereocenters. The van der Waals surface area contributed by atoms with Crippen LogP contribution in [0.3, 0.4) is 0 Å². The molecule has 0 spiro atoms. The lowest BCUT2D eigenvalue weighted by Gasteiger charge is -2.30. The summed E-state index contributed by atoms with van der Waals surface area (Å²) in [6.45, 7) is 7.21. The molecule has 1 heteroatoms. The molecule has 0 radical (unpaired) electrons. The number of allylic oxidation sites excluding steroid dienone is 1. The fraction of sp³-hybridized carbons (Fsp3) is 0.846. The van der Waals surface area contributed by atoms with Crippen molar-refractivity contribution in [3.05, 3.63) is 12.7 Å². The van der Waals surface area contributed by atoms with Gasteiger partial charge in [0, 0.05) is 6.04 Å². The van der Waals surface area contributed by atoms with Gasteiger partial charge >= 0.3 is 0 Å². The largest absolute Gasteiger partial charge is 0.314 e. The summed E-state index contributed by atoms with van der Waals surface area (Å²) < 4.78 is 0. The minimum atomic E-state index is 0.748. The fourth-order valence-corrected chi connectivity index (χ4v) is 2.10. The van der Waals surface area contributed by atoms with Crippen molar-refractivity contribution in [2.24, 2.45) is 5.92 Å². The van der Waals surface area contributed by atoms with E-state index in [1.165, 1.54) is 45.1 Å². The molecule has 0 aromatic carbocycles. The van der Waals surface area contributed by atoms with Gasteiger partial charge < -0.3 is 5.32 Å². The Morgan fingerprint density at radius 1 is 1.50 bits per heavy atom. The van der Waals surface area contributed by atoms with Crippen LogP contribution < -0.4 is 5.32 Å². The van der Waals surface area contributed by atoms with Crippen molar-refractivity contribution in [2.75, 3.05) is 6.54 Å². The molecule has 0 amide bonds. The molecule has 0 aliphatic heterocycles. The first kappa shape index (κ1) is 11.8. The highest BCUT2D eigenvalue weighted by Crippen LogP contribution is 2.31. The van der Waals surface area contributed by atoms with Crippen LogP contribution >= 0.6 is 0 Å². The molecular formula is C13H25N. The predicted molar refractivity (Wildman–Crippen MR) is 63.5 cm³/mol. The van der Waals surface area contributed by atoms with Crippen LogP contribution in [0.1, 0.15) is 51.9 Å². The van der Waals surface area contributed by atoms with Crippen molar-refractivity contribution in [1.82, 2.24) is 5.32 Å². The van der Waals surface area contributed by atoms with E-state index in [0.717, 1.165) is 18.4 Å². The summed E-state index contributed by atoms with van der Waals surface area (Å²) in [6, 6.07) is 0.748. The minimum absolute atomic E-state index is 0.748. The van der Waals surface area contributed by atoms with E-state index in [2.05, 4.69) is 18.8 Å². The third kappa shape index (κ3) is 4.28. The zero-order valence-corrected chi connectivity index (χ0v) is 9.60. The van der Waals surface area contributed by atoms with E-state index in [1.807, 2.05) is 6.08 Å². The topological polar surface area (TPSA) is 12.0 Å². The van der Waals surface area contributed by atoms with Gasteiger partial charge in [0.1, 0.15) is 0 Å². The smallest absolute Gasteiger partial charge is 0.00726 e. The van der Waals surface area contributed by atoms with Crippen LogP contribution in [0.25, 0.3) is 0 Å². The van der Waals surface area contributed by atoms with E-state index < -0.39 is 0 Å². The predicted octanol–water partition coefficient (Wildman–Crippen LogP) is 3.51. The second-order valence-electron chi connectivity index (χ2n) is 4.55. The molecule has 1 nitrogen and oxygen atoms in total. The highest BCUT2D eigenvalue weighted by Gasteiger charge is 2.21. The Morgan fingerprint density at radius 2 is 2.29 bits per heavy atom. The maximum absolute atomic E-state index is 3.80. The second kappa shape index (κ2) is 7.05. The molecule has 14 heavy (non-hydrogen) atoms. The molecule has 82 valence electrons. The van der Waals surface area contributed by atoms with Crippen LogP contribution in [0.2, 0.25) is 0 Å². The van der Waals surface area contributed by atoms with Crippen molar-refractivity contribution < 1.29 is 0 Å². The molecule has 1 rings (SSSR count). The Bertz CT molecular complexity index is 149. The van der Waals surface area contributed by atoms with E-state index in [0.29, 0.717) is 0 Å². The van der Waals surface area contributed by atoms with Crippen LogP contribution in [0.15, 0.2) is 12.7 Å².